The Hall–Kier alpha value is -0.620. The molecule has 0 aromatic carbocycles. The molecular formula is C10H19BrN2O3. The van der Waals surface area contributed by atoms with Gasteiger partial charge in [0.15, 0.2) is 0 Å². The third kappa shape index (κ3) is 6.07. The van der Waals surface area contributed by atoms with Crippen molar-refractivity contribution in [1.82, 2.24) is 9.80 Å². The fourth-order valence-electron chi connectivity index (χ4n) is 1.04. The van der Waals surface area contributed by atoms with Gasteiger partial charge >= 0.3 is 0 Å². The number of nitrogens with zero attached hydrogens (tertiary/aromatic N) is 2. The lowest BCUT2D eigenvalue weighted by molar-refractivity contribution is -0.139. The average Bonchev–Trinajstić information content (AvgIpc) is 2.23. The van der Waals surface area contributed by atoms with Gasteiger partial charge in [0.05, 0.1) is 13.2 Å². The number of likely N-dealkylation sites (N-methyl/N-ethyl adjacent to an activating group) is 1. The van der Waals surface area contributed by atoms with E-state index in [2.05, 4.69) is 15.9 Å². The van der Waals surface area contributed by atoms with E-state index in [1.165, 1.54) is 9.80 Å². The molecule has 0 spiro atoms. The Morgan fingerprint density at radius 1 is 1.25 bits per heavy atom. The lowest BCUT2D eigenvalue weighted by Gasteiger charge is -2.23. The number of ether oxygens (including phenoxy) is 1. The average molecular weight is 295 g/mol. The third-order valence-electron chi connectivity index (χ3n) is 2.05. The molecule has 0 aromatic rings. The summed E-state index contributed by atoms with van der Waals surface area (Å²) in [5.74, 6) is -0.122. The van der Waals surface area contributed by atoms with Gasteiger partial charge < -0.3 is 14.5 Å². The Morgan fingerprint density at radius 3 is 2.31 bits per heavy atom. The smallest absolute Gasteiger partial charge is 0.241 e. The summed E-state index contributed by atoms with van der Waals surface area (Å²) in [6.45, 7) is 0.999. The SMILES string of the molecule is COCCN(CC(=O)N(C)C)C(=O)CCBr. The Bertz CT molecular complexity index is 234. The number of alkyl halides is 1. The molecule has 0 fully saturated rings. The number of halogens is 1. The van der Waals surface area contributed by atoms with Crippen molar-refractivity contribution in [3.8, 4) is 0 Å². The maximum atomic E-state index is 11.7. The van der Waals surface area contributed by atoms with Crippen molar-refractivity contribution in [2.24, 2.45) is 0 Å². The van der Waals surface area contributed by atoms with Crippen LogP contribution in [0, 0.1) is 0 Å². The number of carbonyl (C=O) groups excluding carboxylic acids is 2. The number of amides is 2. The molecule has 0 bridgehead atoms. The number of hydrogen-bond donors (Lipinski definition) is 0. The fraction of sp³-hybridized carbons (Fsp3) is 0.800. The van der Waals surface area contributed by atoms with Crippen molar-refractivity contribution in [1.29, 1.82) is 0 Å². The molecule has 0 N–H and O–H groups in total. The van der Waals surface area contributed by atoms with Gasteiger partial charge in [-0.15, -0.1) is 0 Å². The van der Waals surface area contributed by atoms with Gasteiger partial charge in [0.1, 0.15) is 0 Å². The van der Waals surface area contributed by atoms with Crippen molar-refractivity contribution < 1.29 is 14.3 Å². The van der Waals surface area contributed by atoms with E-state index in [1.807, 2.05) is 0 Å². The summed E-state index contributed by atoms with van der Waals surface area (Å²) in [5.41, 5.74) is 0. The highest BCUT2D eigenvalue weighted by Crippen LogP contribution is 1.98. The van der Waals surface area contributed by atoms with Gasteiger partial charge in [0.25, 0.3) is 0 Å². The van der Waals surface area contributed by atoms with Crippen molar-refractivity contribution in [3.63, 3.8) is 0 Å². The molecule has 0 aliphatic rings. The molecule has 0 aliphatic heterocycles. The second kappa shape index (κ2) is 8.52. The number of rotatable bonds is 7. The summed E-state index contributed by atoms with van der Waals surface area (Å²) in [6.07, 6.45) is 0.393. The maximum Gasteiger partial charge on any atom is 0.241 e. The first-order valence-electron chi connectivity index (χ1n) is 5.05. The number of methoxy groups -OCH3 is 1. The van der Waals surface area contributed by atoms with Gasteiger partial charge in [-0.25, -0.2) is 0 Å². The van der Waals surface area contributed by atoms with Crippen molar-refractivity contribution in [2.45, 2.75) is 6.42 Å². The standard InChI is InChI=1S/C10H19BrN2O3/c1-12(2)10(15)8-13(6-7-16-3)9(14)4-5-11/h4-8H2,1-3H3. The Balaban J connectivity index is 4.30. The van der Waals surface area contributed by atoms with Crippen molar-refractivity contribution >= 4 is 27.7 Å². The fourth-order valence-corrected chi connectivity index (χ4v) is 1.38. The molecule has 94 valence electrons. The van der Waals surface area contributed by atoms with Gasteiger partial charge in [0, 0.05) is 39.5 Å². The largest absolute Gasteiger partial charge is 0.383 e. The molecule has 0 saturated carbocycles. The second-order valence-electron chi connectivity index (χ2n) is 3.54. The molecule has 0 rings (SSSR count). The summed E-state index contributed by atoms with van der Waals surface area (Å²) in [7, 11) is 4.92. The molecule has 0 aliphatic carbocycles. The molecule has 2 amide bonds. The minimum absolute atomic E-state index is 0.0378. The Morgan fingerprint density at radius 2 is 1.88 bits per heavy atom. The van der Waals surface area contributed by atoms with E-state index in [-0.39, 0.29) is 18.4 Å². The lowest BCUT2D eigenvalue weighted by Crippen LogP contribution is -2.41. The van der Waals surface area contributed by atoms with E-state index < -0.39 is 0 Å². The normalized spacial score (nSPS) is 10.0. The highest BCUT2D eigenvalue weighted by Gasteiger charge is 2.17. The van der Waals surface area contributed by atoms with Crippen LogP contribution in [0.25, 0.3) is 0 Å². The molecule has 0 saturated heterocycles. The topological polar surface area (TPSA) is 49.9 Å². The zero-order chi connectivity index (χ0) is 12.6. The van der Waals surface area contributed by atoms with Gasteiger partial charge in [-0.05, 0) is 0 Å². The zero-order valence-electron chi connectivity index (χ0n) is 10.0. The van der Waals surface area contributed by atoms with E-state index in [0.29, 0.717) is 24.9 Å². The molecule has 0 aromatic heterocycles. The van der Waals surface area contributed by atoms with E-state index in [4.69, 9.17) is 4.74 Å². The summed E-state index contributed by atoms with van der Waals surface area (Å²) in [6, 6.07) is 0. The van der Waals surface area contributed by atoms with Crippen LogP contribution in [-0.2, 0) is 14.3 Å². The van der Waals surface area contributed by atoms with Crippen LogP contribution >= 0.6 is 15.9 Å². The second-order valence-corrected chi connectivity index (χ2v) is 4.33. The van der Waals surface area contributed by atoms with Gasteiger partial charge in [-0.1, -0.05) is 15.9 Å². The summed E-state index contributed by atoms with van der Waals surface area (Å²) < 4.78 is 4.91. The molecular weight excluding hydrogens is 276 g/mol. The minimum atomic E-state index is -0.0842. The molecule has 5 nitrogen and oxygen atoms in total. The van der Waals surface area contributed by atoms with E-state index >= 15 is 0 Å². The van der Waals surface area contributed by atoms with Crippen LogP contribution in [0.15, 0.2) is 0 Å². The lowest BCUT2D eigenvalue weighted by atomic mass is 10.3. The predicted molar refractivity (Wildman–Crippen MR) is 65.6 cm³/mol. The van der Waals surface area contributed by atoms with Crippen LogP contribution in [0.5, 0.6) is 0 Å². The summed E-state index contributed by atoms with van der Waals surface area (Å²) >= 11 is 3.21. The van der Waals surface area contributed by atoms with Crippen LogP contribution < -0.4 is 0 Å². The van der Waals surface area contributed by atoms with Gasteiger partial charge in [-0.2, -0.15) is 0 Å². The minimum Gasteiger partial charge on any atom is -0.383 e. The van der Waals surface area contributed by atoms with Crippen LogP contribution in [0.3, 0.4) is 0 Å². The molecule has 0 heterocycles. The van der Waals surface area contributed by atoms with E-state index in [9.17, 15) is 9.59 Å². The van der Waals surface area contributed by atoms with Gasteiger partial charge in [0.2, 0.25) is 11.8 Å². The van der Waals surface area contributed by atoms with E-state index in [1.54, 1.807) is 21.2 Å². The van der Waals surface area contributed by atoms with Crippen LogP contribution in [0.2, 0.25) is 0 Å². The molecule has 0 unspecified atom stereocenters. The molecule has 16 heavy (non-hydrogen) atoms. The molecule has 6 heteroatoms. The molecule has 0 atom stereocenters. The maximum absolute atomic E-state index is 11.7. The number of hydrogen-bond acceptors (Lipinski definition) is 3. The van der Waals surface area contributed by atoms with Crippen LogP contribution in [0.4, 0.5) is 0 Å². The van der Waals surface area contributed by atoms with E-state index in [0.717, 1.165) is 0 Å². The first kappa shape index (κ1) is 15.4. The van der Waals surface area contributed by atoms with Crippen molar-refractivity contribution in [3.05, 3.63) is 0 Å². The summed E-state index contributed by atoms with van der Waals surface area (Å²) in [5, 5.41) is 0.603. The summed E-state index contributed by atoms with van der Waals surface area (Å²) in [4.78, 5) is 26.2. The predicted octanol–water partition coefficient (Wildman–Crippen LogP) is 0.335. The highest BCUT2D eigenvalue weighted by molar-refractivity contribution is 9.09. The Labute approximate surface area is 105 Å². The quantitative estimate of drug-likeness (QED) is 0.636. The number of carbonyl (C=O) groups is 2. The van der Waals surface area contributed by atoms with Crippen LogP contribution in [0.1, 0.15) is 6.42 Å². The first-order chi connectivity index (χ1) is 7.52. The highest BCUT2D eigenvalue weighted by atomic mass is 79.9. The third-order valence-corrected chi connectivity index (χ3v) is 2.45. The monoisotopic (exact) mass is 294 g/mol. The van der Waals surface area contributed by atoms with Gasteiger partial charge in [-0.3, -0.25) is 9.59 Å². The zero-order valence-corrected chi connectivity index (χ0v) is 11.6. The van der Waals surface area contributed by atoms with Crippen molar-refractivity contribution in [2.75, 3.05) is 46.2 Å². The first-order valence-corrected chi connectivity index (χ1v) is 6.18. The molecule has 0 radical (unpaired) electrons. The Kier molecular flexibility index (Phi) is 8.19. The van der Waals surface area contributed by atoms with Crippen LogP contribution in [-0.4, -0.2) is 67.8 Å².